The van der Waals surface area contributed by atoms with Crippen LogP contribution in [0.1, 0.15) is 55.7 Å². The van der Waals surface area contributed by atoms with Crippen LogP contribution in [0.15, 0.2) is 77.3 Å². The number of nitrogens with one attached hydrogen (secondary N) is 1. The molecule has 3 aromatic carbocycles. The molecular formula is C32H36BrFN2O3. The highest BCUT2D eigenvalue weighted by Gasteiger charge is 2.32. The van der Waals surface area contributed by atoms with Crippen molar-refractivity contribution in [3.63, 3.8) is 0 Å². The van der Waals surface area contributed by atoms with E-state index >= 15 is 0 Å². The molecule has 5 nitrogen and oxygen atoms in total. The first-order chi connectivity index (χ1) is 18.9. The Labute approximate surface area is 238 Å². The van der Waals surface area contributed by atoms with Gasteiger partial charge < -0.3 is 15.0 Å². The van der Waals surface area contributed by atoms with Gasteiger partial charge in [-0.15, -0.1) is 0 Å². The first-order valence-electron chi connectivity index (χ1n) is 13.7. The second kappa shape index (κ2) is 14.3. The Morgan fingerprint density at radius 3 is 2.33 bits per heavy atom. The maximum Gasteiger partial charge on any atom is 0.261 e. The van der Waals surface area contributed by atoms with Crippen molar-refractivity contribution in [1.29, 1.82) is 0 Å². The molecule has 4 rings (SSSR count). The van der Waals surface area contributed by atoms with E-state index in [0.717, 1.165) is 53.3 Å². The van der Waals surface area contributed by atoms with E-state index in [1.54, 1.807) is 17.0 Å². The second-order valence-corrected chi connectivity index (χ2v) is 11.0. The van der Waals surface area contributed by atoms with Gasteiger partial charge >= 0.3 is 0 Å². The molecule has 0 radical (unpaired) electrons. The molecule has 0 unspecified atom stereocenters. The van der Waals surface area contributed by atoms with Crippen LogP contribution >= 0.6 is 15.9 Å². The Kier molecular flexibility index (Phi) is 10.5. The maximum atomic E-state index is 13.8. The van der Waals surface area contributed by atoms with E-state index in [-0.39, 0.29) is 36.8 Å². The molecule has 206 valence electrons. The molecule has 1 N–H and O–H groups in total. The van der Waals surface area contributed by atoms with Gasteiger partial charge in [0.25, 0.3) is 5.91 Å². The van der Waals surface area contributed by atoms with Gasteiger partial charge in [-0.1, -0.05) is 74.7 Å². The Balaban J connectivity index is 1.60. The first kappa shape index (κ1) is 28.8. The summed E-state index contributed by atoms with van der Waals surface area (Å²) in [5, 5.41) is 3.22. The summed E-state index contributed by atoms with van der Waals surface area (Å²) in [4.78, 5) is 29.1. The molecule has 1 aliphatic carbocycles. The molecule has 1 aliphatic rings. The van der Waals surface area contributed by atoms with Gasteiger partial charge in [-0.25, -0.2) is 4.39 Å². The molecule has 1 atom stereocenters. The lowest BCUT2D eigenvalue weighted by Gasteiger charge is -2.33. The number of hydrogen-bond acceptors (Lipinski definition) is 3. The lowest BCUT2D eigenvalue weighted by Crippen LogP contribution is -2.53. The van der Waals surface area contributed by atoms with Crippen LogP contribution in [0.3, 0.4) is 0 Å². The largest absolute Gasteiger partial charge is 0.483 e. The number of nitrogens with zero attached hydrogens (tertiary/aromatic N) is 1. The minimum absolute atomic E-state index is 0.108. The van der Waals surface area contributed by atoms with Crippen LogP contribution in [0.25, 0.3) is 0 Å². The van der Waals surface area contributed by atoms with Crippen LogP contribution in [-0.2, 0) is 29.0 Å². The van der Waals surface area contributed by atoms with Gasteiger partial charge in [-0.05, 0) is 76.1 Å². The van der Waals surface area contributed by atoms with Crippen LogP contribution in [0.5, 0.6) is 5.75 Å². The SMILES string of the molecule is CCc1ccc(OCC(=O)N(Cc2ccc(F)cc2)[C@H](Cc2ccccc2)C(=O)NC2CCCCC2)c(Br)c1. The van der Waals surface area contributed by atoms with Crippen molar-refractivity contribution in [2.24, 2.45) is 0 Å². The molecule has 0 bridgehead atoms. The van der Waals surface area contributed by atoms with E-state index < -0.39 is 6.04 Å². The van der Waals surface area contributed by atoms with E-state index in [0.29, 0.717) is 12.2 Å². The van der Waals surface area contributed by atoms with Gasteiger partial charge in [0.05, 0.1) is 4.47 Å². The minimum Gasteiger partial charge on any atom is -0.483 e. The van der Waals surface area contributed by atoms with Crippen LogP contribution in [0, 0.1) is 5.82 Å². The van der Waals surface area contributed by atoms with Crippen molar-refractivity contribution < 1.29 is 18.7 Å². The number of aryl methyl sites for hydroxylation is 1. The summed E-state index contributed by atoms with van der Waals surface area (Å²) in [6, 6.07) is 20.9. The zero-order chi connectivity index (χ0) is 27.6. The third-order valence-electron chi connectivity index (χ3n) is 7.24. The van der Waals surface area contributed by atoms with E-state index in [1.165, 1.54) is 18.6 Å². The first-order valence-corrected chi connectivity index (χ1v) is 14.5. The summed E-state index contributed by atoms with van der Waals surface area (Å²) in [6.07, 6.45) is 6.50. The van der Waals surface area contributed by atoms with Crippen LogP contribution in [-0.4, -0.2) is 35.4 Å². The summed E-state index contributed by atoms with van der Waals surface area (Å²) >= 11 is 3.54. The third-order valence-corrected chi connectivity index (χ3v) is 7.86. The van der Waals surface area contributed by atoms with Gasteiger partial charge in [0.2, 0.25) is 5.91 Å². The summed E-state index contributed by atoms with van der Waals surface area (Å²) in [5.41, 5.74) is 2.85. The normalized spacial score (nSPS) is 14.4. The van der Waals surface area contributed by atoms with Crippen LogP contribution in [0.2, 0.25) is 0 Å². The standard InChI is InChI=1S/C32H36BrFN2O3/c1-2-23-15-18-30(28(33)19-23)39-22-31(37)36(21-25-13-16-26(34)17-14-25)29(20-24-9-5-3-6-10-24)32(38)35-27-11-7-4-8-12-27/h3,5-6,9-10,13-19,27,29H,2,4,7-8,11-12,20-22H2,1H3,(H,35,38)/t29-/m1/s1. The average Bonchev–Trinajstić information content (AvgIpc) is 2.96. The lowest BCUT2D eigenvalue weighted by molar-refractivity contribution is -0.143. The number of carbonyl (C=O) groups excluding carboxylic acids is 2. The van der Waals surface area contributed by atoms with Crippen molar-refractivity contribution >= 4 is 27.7 Å². The van der Waals surface area contributed by atoms with E-state index in [2.05, 4.69) is 28.2 Å². The van der Waals surface area contributed by atoms with E-state index in [9.17, 15) is 14.0 Å². The fourth-order valence-corrected chi connectivity index (χ4v) is 5.53. The number of hydrogen-bond donors (Lipinski definition) is 1. The summed E-state index contributed by atoms with van der Waals surface area (Å²) in [7, 11) is 0. The molecule has 3 aromatic rings. The lowest BCUT2D eigenvalue weighted by atomic mass is 9.94. The monoisotopic (exact) mass is 594 g/mol. The maximum absolute atomic E-state index is 13.8. The number of benzene rings is 3. The number of halogens is 2. The molecule has 0 saturated heterocycles. The highest BCUT2D eigenvalue weighted by Crippen LogP contribution is 2.27. The zero-order valence-corrected chi connectivity index (χ0v) is 24.0. The van der Waals surface area contributed by atoms with Gasteiger partial charge in [0, 0.05) is 19.0 Å². The van der Waals surface area contributed by atoms with Crippen molar-refractivity contribution in [3.05, 3.63) is 99.8 Å². The fraction of sp³-hybridized carbons (Fsp3) is 0.375. The van der Waals surface area contributed by atoms with E-state index in [4.69, 9.17) is 4.74 Å². The van der Waals surface area contributed by atoms with E-state index in [1.807, 2.05) is 48.5 Å². The summed E-state index contributed by atoms with van der Waals surface area (Å²) in [5.74, 6) is -0.273. The number of carbonyl (C=O) groups is 2. The van der Waals surface area contributed by atoms with Crippen molar-refractivity contribution in [2.45, 2.75) is 70.5 Å². The Morgan fingerprint density at radius 2 is 1.67 bits per heavy atom. The van der Waals surface area contributed by atoms with Crippen LogP contribution in [0.4, 0.5) is 4.39 Å². The Hall–Kier alpha value is -3.19. The molecule has 1 fully saturated rings. The molecule has 2 amide bonds. The second-order valence-electron chi connectivity index (χ2n) is 10.1. The topological polar surface area (TPSA) is 58.6 Å². The summed E-state index contributed by atoms with van der Waals surface area (Å²) in [6.45, 7) is 2.01. The average molecular weight is 596 g/mol. The predicted molar refractivity (Wildman–Crippen MR) is 155 cm³/mol. The minimum atomic E-state index is -0.749. The predicted octanol–water partition coefficient (Wildman–Crippen LogP) is 6.62. The Morgan fingerprint density at radius 1 is 0.974 bits per heavy atom. The molecule has 7 heteroatoms. The molecule has 0 spiro atoms. The molecule has 0 aromatic heterocycles. The van der Waals surface area contributed by atoms with Crippen molar-refractivity contribution in [1.82, 2.24) is 10.2 Å². The molecule has 0 heterocycles. The van der Waals surface area contributed by atoms with Gasteiger partial charge in [-0.3, -0.25) is 9.59 Å². The number of amides is 2. The van der Waals surface area contributed by atoms with Crippen molar-refractivity contribution in [3.8, 4) is 5.75 Å². The highest BCUT2D eigenvalue weighted by molar-refractivity contribution is 9.10. The zero-order valence-electron chi connectivity index (χ0n) is 22.4. The van der Waals surface area contributed by atoms with Crippen molar-refractivity contribution in [2.75, 3.05) is 6.61 Å². The molecule has 0 aliphatic heterocycles. The number of ether oxygens (including phenoxy) is 1. The van der Waals surface area contributed by atoms with Gasteiger partial charge in [-0.2, -0.15) is 0 Å². The molecule has 1 saturated carbocycles. The fourth-order valence-electron chi connectivity index (χ4n) is 4.99. The van der Waals surface area contributed by atoms with Crippen LogP contribution < -0.4 is 10.1 Å². The molecule has 39 heavy (non-hydrogen) atoms. The quantitative estimate of drug-likeness (QED) is 0.271. The smallest absolute Gasteiger partial charge is 0.261 e. The van der Waals surface area contributed by atoms with Gasteiger partial charge in [0.1, 0.15) is 17.6 Å². The Bertz CT molecular complexity index is 1230. The van der Waals surface area contributed by atoms with Gasteiger partial charge in [0.15, 0.2) is 6.61 Å². The third kappa shape index (κ3) is 8.40. The molecular weight excluding hydrogens is 559 g/mol. The highest BCUT2D eigenvalue weighted by atomic mass is 79.9. The summed E-state index contributed by atoms with van der Waals surface area (Å²) < 4.78 is 20.4. The number of rotatable bonds is 11.